The molecule has 1 amide bonds. The maximum Gasteiger partial charge on any atom is 0.270 e. The van der Waals surface area contributed by atoms with E-state index in [1.807, 2.05) is 0 Å². The highest BCUT2D eigenvalue weighted by atomic mass is 35.5. The molecule has 0 saturated carbocycles. The van der Waals surface area contributed by atoms with Crippen LogP contribution in [0.2, 0.25) is 10.0 Å². The van der Waals surface area contributed by atoms with Crippen LogP contribution >= 0.6 is 23.2 Å². The van der Waals surface area contributed by atoms with Gasteiger partial charge in [-0.15, -0.1) is 0 Å². The predicted molar refractivity (Wildman–Crippen MR) is 90.6 cm³/mol. The number of hydrogen-bond acceptors (Lipinski definition) is 5. The highest BCUT2D eigenvalue weighted by Gasteiger charge is 2.09. The Kier molecular flexibility index (Phi) is 6.58. The van der Waals surface area contributed by atoms with E-state index in [0.717, 1.165) is 6.42 Å². The summed E-state index contributed by atoms with van der Waals surface area (Å²) < 4.78 is 4.93. The average Bonchev–Trinajstić information content (AvgIpc) is 2.54. The van der Waals surface area contributed by atoms with Crippen LogP contribution in [0.3, 0.4) is 0 Å². The number of nitrogens with zero attached hydrogens (tertiary/aromatic N) is 2. The number of hydrogen-bond donors (Lipinski definition) is 2. The SMILES string of the molecule is COCCCNC(=O)c1ccnc(Nc2ccc(Cl)cc2Cl)n1. The molecule has 0 saturated heterocycles. The number of methoxy groups -OCH3 is 1. The zero-order valence-corrected chi connectivity index (χ0v) is 14.0. The van der Waals surface area contributed by atoms with Gasteiger partial charge in [0.05, 0.1) is 10.7 Å². The summed E-state index contributed by atoms with van der Waals surface area (Å²) in [5.74, 6) is 0.00696. The van der Waals surface area contributed by atoms with Gasteiger partial charge in [-0.05, 0) is 30.7 Å². The molecule has 6 nitrogen and oxygen atoms in total. The van der Waals surface area contributed by atoms with Gasteiger partial charge in [-0.25, -0.2) is 9.97 Å². The molecule has 8 heteroatoms. The van der Waals surface area contributed by atoms with Gasteiger partial charge < -0.3 is 15.4 Å². The van der Waals surface area contributed by atoms with Crippen LogP contribution in [0.15, 0.2) is 30.5 Å². The van der Waals surface area contributed by atoms with Crippen molar-refractivity contribution >= 4 is 40.7 Å². The molecule has 0 unspecified atom stereocenters. The second-order valence-electron chi connectivity index (χ2n) is 4.62. The van der Waals surface area contributed by atoms with E-state index >= 15 is 0 Å². The van der Waals surface area contributed by atoms with E-state index in [4.69, 9.17) is 27.9 Å². The minimum atomic E-state index is -0.270. The van der Waals surface area contributed by atoms with Crippen molar-refractivity contribution in [3.63, 3.8) is 0 Å². The summed E-state index contributed by atoms with van der Waals surface area (Å²) in [7, 11) is 1.62. The van der Waals surface area contributed by atoms with Crippen LogP contribution in [-0.4, -0.2) is 36.1 Å². The lowest BCUT2D eigenvalue weighted by Gasteiger charge is -2.08. The van der Waals surface area contributed by atoms with Crippen LogP contribution in [-0.2, 0) is 4.74 Å². The fourth-order valence-corrected chi connectivity index (χ4v) is 2.22. The Labute approximate surface area is 144 Å². The molecule has 2 N–H and O–H groups in total. The lowest BCUT2D eigenvalue weighted by Crippen LogP contribution is -2.26. The van der Waals surface area contributed by atoms with Crippen molar-refractivity contribution in [2.24, 2.45) is 0 Å². The van der Waals surface area contributed by atoms with Gasteiger partial charge >= 0.3 is 0 Å². The van der Waals surface area contributed by atoms with E-state index in [1.54, 1.807) is 31.4 Å². The Hall–Kier alpha value is -1.89. The molecule has 1 aromatic carbocycles. The molecule has 122 valence electrons. The van der Waals surface area contributed by atoms with Gasteiger partial charge in [-0.3, -0.25) is 4.79 Å². The zero-order chi connectivity index (χ0) is 16.7. The highest BCUT2D eigenvalue weighted by Crippen LogP contribution is 2.27. The predicted octanol–water partition coefficient (Wildman–Crippen LogP) is 3.29. The van der Waals surface area contributed by atoms with Crippen LogP contribution < -0.4 is 10.6 Å². The van der Waals surface area contributed by atoms with Gasteiger partial charge in [-0.2, -0.15) is 0 Å². The molecule has 1 heterocycles. The number of rotatable bonds is 7. The summed E-state index contributed by atoms with van der Waals surface area (Å²) in [6.45, 7) is 1.11. The van der Waals surface area contributed by atoms with Gasteiger partial charge in [0.2, 0.25) is 5.95 Å². The van der Waals surface area contributed by atoms with Gasteiger partial charge in [-0.1, -0.05) is 23.2 Å². The quantitative estimate of drug-likeness (QED) is 0.746. The number of halogens is 2. The number of nitrogens with one attached hydrogen (secondary N) is 2. The smallest absolute Gasteiger partial charge is 0.270 e. The standard InChI is InChI=1S/C15H16Cl2N4O2/c1-23-8-2-6-18-14(22)13-5-7-19-15(21-13)20-12-4-3-10(16)9-11(12)17/h3-5,7,9H,2,6,8H2,1H3,(H,18,22)(H,19,20,21). The van der Waals surface area contributed by atoms with Crippen molar-refractivity contribution in [2.45, 2.75) is 6.42 Å². The van der Waals surface area contributed by atoms with Crippen molar-refractivity contribution in [2.75, 3.05) is 25.6 Å². The number of amides is 1. The fourth-order valence-electron chi connectivity index (χ4n) is 1.77. The monoisotopic (exact) mass is 354 g/mol. The number of carbonyl (C=O) groups is 1. The van der Waals surface area contributed by atoms with E-state index in [0.29, 0.717) is 28.9 Å². The normalized spacial score (nSPS) is 10.4. The van der Waals surface area contributed by atoms with E-state index in [1.165, 1.54) is 6.20 Å². The second kappa shape index (κ2) is 8.67. The summed E-state index contributed by atoms with van der Waals surface area (Å²) in [5, 5.41) is 6.69. The summed E-state index contributed by atoms with van der Waals surface area (Å²) in [6, 6.07) is 6.56. The Balaban J connectivity index is 2.03. The zero-order valence-electron chi connectivity index (χ0n) is 12.5. The highest BCUT2D eigenvalue weighted by molar-refractivity contribution is 6.36. The molecular formula is C15H16Cl2N4O2. The van der Waals surface area contributed by atoms with E-state index < -0.39 is 0 Å². The molecular weight excluding hydrogens is 339 g/mol. The van der Waals surface area contributed by atoms with Gasteiger partial charge in [0, 0.05) is 31.5 Å². The molecule has 1 aromatic heterocycles. The van der Waals surface area contributed by atoms with E-state index in [-0.39, 0.29) is 17.5 Å². The first-order valence-electron chi connectivity index (χ1n) is 6.92. The number of carbonyl (C=O) groups excluding carboxylic acids is 1. The fraction of sp³-hybridized carbons (Fsp3) is 0.267. The van der Waals surface area contributed by atoms with Crippen LogP contribution in [0.25, 0.3) is 0 Å². The molecule has 23 heavy (non-hydrogen) atoms. The number of ether oxygens (including phenoxy) is 1. The molecule has 0 aliphatic heterocycles. The molecule has 0 aliphatic carbocycles. The van der Waals surface area contributed by atoms with Crippen LogP contribution in [0.5, 0.6) is 0 Å². The summed E-state index contributed by atoms with van der Waals surface area (Å²) >= 11 is 11.9. The van der Waals surface area contributed by atoms with Crippen LogP contribution in [0.4, 0.5) is 11.6 Å². The Morgan fingerprint density at radius 2 is 2.13 bits per heavy atom. The van der Waals surface area contributed by atoms with E-state index in [2.05, 4.69) is 20.6 Å². The van der Waals surface area contributed by atoms with Gasteiger partial charge in [0.15, 0.2) is 0 Å². The number of benzene rings is 1. The molecule has 0 fully saturated rings. The Morgan fingerprint density at radius 3 is 2.87 bits per heavy atom. The first kappa shape index (κ1) is 17.5. The summed E-state index contributed by atoms with van der Waals surface area (Å²) in [6.07, 6.45) is 2.24. The first-order chi connectivity index (χ1) is 11.1. The maximum atomic E-state index is 12.0. The van der Waals surface area contributed by atoms with Gasteiger partial charge in [0.1, 0.15) is 5.69 Å². The molecule has 0 bridgehead atoms. The minimum absolute atomic E-state index is 0.269. The summed E-state index contributed by atoms with van der Waals surface area (Å²) in [5.41, 5.74) is 0.874. The average molecular weight is 355 g/mol. The molecule has 0 radical (unpaired) electrons. The lowest BCUT2D eigenvalue weighted by atomic mass is 10.3. The van der Waals surface area contributed by atoms with Crippen molar-refractivity contribution in [3.05, 3.63) is 46.2 Å². The topological polar surface area (TPSA) is 76.1 Å². The largest absolute Gasteiger partial charge is 0.385 e. The third-order valence-corrected chi connectivity index (χ3v) is 3.42. The van der Waals surface area contributed by atoms with Crippen molar-refractivity contribution < 1.29 is 9.53 Å². The van der Waals surface area contributed by atoms with Crippen molar-refractivity contribution in [3.8, 4) is 0 Å². The molecule has 0 spiro atoms. The number of anilines is 2. The minimum Gasteiger partial charge on any atom is -0.385 e. The Bertz CT molecular complexity index is 682. The van der Waals surface area contributed by atoms with Crippen LogP contribution in [0.1, 0.15) is 16.9 Å². The van der Waals surface area contributed by atoms with E-state index in [9.17, 15) is 4.79 Å². The third-order valence-electron chi connectivity index (χ3n) is 2.88. The molecule has 0 atom stereocenters. The second-order valence-corrected chi connectivity index (χ2v) is 5.46. The van der Waals surface area contributed by atoms with Gasteiger partial charge in [0.25, 0.3) is 5.91 Å². The molecule has 2 aromatic rings. The van der Waals surface area contributed by atoms with Crippen LogP contribution in [0, 0.1) is 0 Å². The third kappa shape index (κ3) is 5.35. The number of aromatic nitrogens is 2. The molecule has 0 aliphatic rings. The Morgan fingerprint density at radius 1 is 1.30 bits per heavy atom. The molecule has 2 rings (SSSR count). The maximum absolute atomic E-state index is 12.0. The lowest BCUT2D eigenvalue weighted by molar-refractivity contribution is 0.0943. The van der Waals surface area contributed by atoms with Crippen molar-refractivity contribution in [1.29, 1.82) is 0 Å². The first-order valence-corrected chi connectivity index (χ1v) is 7.68. The summed E-state index contributed by atoms with van der Waals surface area (Å²) in [4.78, 5) is 20.3. The van der Waals surface area contributed by atoms with Crippen molar-refractivity contribution in [1.82, 2.24) is 15.3 Å².